The first-order chi connectivity index (χ1) is 19.2. The molecule has 39 heavy (non-hydrogen) atoms. The quantitative estimate of drug-likeness (QED) is 0.261. The zero-order chi connectivity index (χ0) is 26.4. The number of hydrogen-bond donors (Lipinski definition) is 2. The summed E-state index contributed by atoms with van der Waals surface area (Å²) in [6.45, 7) is 7.88. The van der Waals surface area contributed by atoms with E-state index >= 15 is 0 Å². The van der Waals surface area contributed by atoms with Crippen LogP contribution in [-0.4, -0.2) is 18.6 Å². The molecule has 0 saturated heterocycles. The van der Waals surface area contributed by atoms with Crippen LogP contribution in [0.3, 0.4) is 0 Å². The summed E-state index contributed by atoms with van der Waals surface area (Å²) in [5.74, 6) is 8.47. The molecular weight excluding hydrogens is 472 g/mol. The second-order valence-electron chi connectivity index (χ2n) is 15.6. The van der Waals surface area contributed by atoms with Crippen LogP contribution in [0.1, 0.15) is 116 Å². The second kappa shape index (κ2) is 11.3. The van der Waals surface area contributed by atoms with Crippen LogP contribution < -0.4 is 10.6 Å². The van der Waals surface area contributed by atoms with Gasteiger partial charge in [-0.2, -0.15) is 0 Å². The van der Waals surface area contributed by atoms with Crippen LogP contribution in [0.5, 0.6) is 0 Å². The van der Waals surface area contributed by atoms with Crippen LogP contribution in [0.15, 0.2) is 36.6 Å². The van der Waals surface area contributed by atoms with Crippen LogP contribution >= 0.6 is 0 Å². The molecule has 2 N–H and O–H groups in total. The summed E-state index contributed by atoms with van der Waals surface area (Å²) in [6, 6.07) is 1.62. The predicted octanol–water partition coefficient (Wildman–Crippen LogP) is 8.81. The summed E-state index contributed by atoms with van der Waals surface area (Å²) in [5, 5.41) is 7.91. The van der Waals surface area contributed by atoms with Crippen LogP contribution in [0.4, 0.5) is 0 Å². The number of allylic oxidation sites excluding steroid dienone is 3. The second-order valence-corrected chi connectivity index (χ2v) is 15.6. The molecule has 1 heterocycles. The molecule has 7 aliphatic rings. The summed E-state index contributed by atoms with van der Waals surface area (Å²) in [4.78, 5) is 0. The van der Waals surface area contributed by atoms with Crippen molar-refractivity contribution < 1.29 is 0 Å². The third-order valence-corrected chi connectivity index (χ3v) is 13.7. The number of rotatable bonds is 11. The molecule has 0 aromatic rings. The van der Waals surface area contributed by atoms with Gasteiger partial charge in [0.05, 0.1) is 0 Å². The fraction of sp³-hybridized carbons (Fsp3) is 0.838. The van der Waals surface area contributed by atoms with Gasteiger partial charge in [0.1, 0.15) is 0 Å². The van der Waals surface area contributed by atoms with Crippen LogP contribution in [0.2, 0.25) is 0 Å². The lowest BCUT2D eigenvalue weighted by atomic mass is 9.68. The molecule has 5 fully saturated rings. The average Bonchev–Trinajstić information content (AvgIpc) is 3.78. The minimum absolute atomic E-state index is 0.580. The van der Waals surface area contributed by atoms with Gasteiger partial charge in [-0.3, -0.25) is 0 Å². The van der Waals surface area contributed by atoms with Gasteiger partial charge in [0.15, 0.2) is 0 Å². The summed E-state index contributed by atoms with van der Waals surface area (Å²) in [6.07, 6.45) is 34.3. The minimum Gasteiger partial charge on any atom is -0.387 e. The van der Waals surface area contributed by atoms with Gasteiger partial charge in [0.25, 0.3) is 0 Å². The van der Waals surface area contributed by atoms with Gasteiger partial charge in [-0.15, -0.1) is 6.58 Å². The highest BCUT2D eigenvalue weighted by Gasteiger charge is 2.87. The van der Waals surface area contributed by atoms with Gasteiger partial charge in [0, 0.05) is 17.5 Å². The first-order valence-corrected chi connectivity index (χ1v) is 17.7. The molecule has 0 aromatic carbocycles. The smallest absolute Gasteiger partial charge is 0.0394 e. The molecule has 1 spiro atoms. The Morgan fingerprint density at radius 3 is 2.67 bits per heavy atom. The Hall–Kier alpha value is -1.02. The van der Waals surface area contributed by atoms with Crippen molar-refractivity contribution in [2.24, 2.45) is 58.7 Å². The van der Waals surface area contributed by atoms with Gasteiger partial charge in [-0.1, -0.05) is 82.1 Å². The molecule has 0 amide bonds. The fourth-order valence-electron chi connectivity index (χ4n) is 11.3. The fourth-order valence-corrected chi connectivity index (χ4v) is 11.3. The molecule has 7 rings (SSSR count). The van der Waals surface area contributed by atoms with Crippen LogP contribution in [0, 0.1) is 58.7 Å². The molecule has 2 nitrogen and oxygen atoms in total. The van der Waals surface area contributed by atoms with E-state index in [1.165, 1.54) is 116 Å². The highest BCUT2D eigenvalue weighted by atomic mass is 15.1. The van der Waals surface area contributed by atoms with Crippen LogP contribution in [0.25, 0.3) is 0 Å². The van der Waals surface area contributed by atoms with E-state index in [4.69, 9.17) is 0 Å². The minimum atomic E-state index is 0.580. The Kier molecular flexibility index (Phi) is 7.81. The Morgan fingerprint density at radius 1 is 1.00 bits per heavy atom. The Balaban J connectivity index is 0.931. The maximum absolute atomic E-state index is 4.25. The zero-order valence-corrected chi connectivity index (χ0v) is 25.1. The zero-order valence-electron chi connectivity index (χ0n) is 25.1. The van der Waals surface area contributed by atoms with E-state index in [2.05, 4.69) is 48.6 Å². The van der Waals surface area contributed by atoms with E-state index in [-0.39, 0.29) is 0 Å². The molecule has 0 bridgehead atoms. The van der Waals surface area contributed by atoms with E-state index in [0.717, 1.165) is 65.3 Å². The monoisotopic (exact) mass is 530 g/mol. The van der Waals surface area contributed by atoms with Gasteiger partial charge in [-0.05, 0) is 124 Å². The third kappa shape index (κ3) is 5.12. The van der Waals surface area contributed by atoms with Crippen molar-refractivity contribution in [1.82, 2.24) is 10.6 Å². The van der Waals surface area contributed by atoms with Gasteiger partial charge in [-0.25, -0.2) is 0 Å². The Morgan fingerprint density at radius 2 is 1.85 bits per heavy atom. The highest BCUT2D eigenvalue weighted by molar-refractivity contribution is 5.47. The van der Waals surface area contributed by atoms with E-state index in [0.29, 0.717) is 5.41 Å². The third-order valence-electron chi connectivity index (χ3n) is 13.7. The van der Waals surface area contributed by atoms with Gasteiger partial charge < -0.3 is 10.6 Å². The molecule has 0 aromatic heterocycles. The Bertz CT molecular complexity index is 932. The van der Waals surface area contributed by atoms with Gasteiger partial charge in [0.2, 0.25) is 0 Å². The van der Waals surface area contributed by atoms with Crippen molar-refractivity contribution in [3.05, 3.63) is 36.6 Å². The first-order valence-electron chi connectivity index (χ1n) is 17.7. The predicted molar refractivity (Wildman–Crippen MR) is 164 cm³/mol. The van der Waals surface area contributed by atoms with E-state index in [1.54, 1.807) is 0 Å². The molecule has 10 unspecified atom stereocenters. The van der Waals surface area contributed by atoms with Crippen molar-refractivity contribution in [3.8, 4) is 0 Å². The van der Waals surface area contributed by atoms with Crippen LogP contribution in [-0.2, 0) is 0 Å². The molecule has 6 aliphatic carbocycles. The van der Waals surface area contributed by atoms with Gasteiger partial charge >= 0.3 is 0 Å². The van der Waals surface area contributed by atoms with E-state index in [1.807, 2.05) is 5.57 Å². The van der Waals surface area contributed by atoms with Crippen molar-refractivity contribution >= 4 is 0 Å². The maximum atomic E-state index is 4.25. The lowest BCUT2D eigenvalue weighted by Crippen LogP contribution is -2.46. The van der Waals surface area contributed by atoms with E-state index < -0.39 is 0 Å². The molecule has 12 atom stereocenters. The Labute approximate surface area is 240 Å². The lowest BCUT2D eigenvalue weighted by molar-refractivity contribution is 0.119. The normalized spacial score (nSPS) is 45.7. The number of fused-ring (bicyclic) bond motifs is 2. The summed E-state index contributed by atoms with van der Waals surface area (Å²) < 4.78 is 0. The maximum Gasteiger partial charge on any atom is 0.0394 e. The SMILES string of the molecule is C=CC[C@@H]1CCCC(C2CC=C(C(C)CCC(CNC3CCCC4CCCCC43)C3C4C5NC=C[C@@]534)CC2)C1. The molecular formula is C37H58N2. The molecule has 2 heteroatoms. The average molecular weight is 531 g/mol. The number of hydrogen-bond acceptors (Lipinski definition) is 2. The molecule has 0 radical (unpaired) electrons. The summed E-state index contributed by atoms with van der Waals surface area (Å²) in [5.41, 5.74) is 2.39. The number of nitrogens with one attached hydrogen (secondary N) is 2. The first kappa shape index (κ1) is 26.9. The largest absolute Gasteiger partial charge is 0.387 e. The highest BCUT2D eigenvalue weighted by Crippen LogP contribution is 2.84. The molecule has 1 aliphatic heterocycles. The molecule has 5 saturated carbocycles. The van der Waals surface area contributed by atoms with Crippen molar-refractivity contribution in [2.75, 3.05) is 6.54 Å². The lowest BCUT2D eigenvalue weighted by Gasteiger charge is -2.42. The standard InChI is InChI=1S/C37H58N2/c1-3-8-26-9-6-12-30(23-26)28-19-17-27(18-20-28)25(2)15-16-31(34-35-36-37(34,35)21-22-38-36)24-39-33-14-7-11-29-10-4-5-13-32(29)33/h3,17,21-22,25-26,28-36,38-39H,1,4-16,18-20,23-24H2,2H3/t25?,26-,28?,29?,30?,31?,32?,33?,34?,35?,36?,37-/m1/s1. The van der Waals surface area contributed by atoms with Crippen molar-refractivity contribution in [3.63, 3.8) is 0 Å². The van der Waals surface area contributed by atoms with Crippen molar-refractivity contribution in [1.29, 1.82) is 0 Å². The summed E-state index contributed by atoms with van der Waals surface area (Å²) in [7, 11) is 0. The molecule has 216 valence electrons. The topological polar surface area (TPSA) is 24.1 Å². The van der Waals surface area contributed by atoms with Crippen molar-refractivity contribution in [2.45, 2.75) is 128 Å². The summed E-state index contributed by atoms with van der Waals surface area (Å²) >= 11 is 0. The van der Waals surface area contributed by atoms with E-state index in [9.17, 15) is 0 Å².